The van der Waals surface area contributed by atoms with Gasteiger partial charge in [-0.2, -0.15) is 0 Å². The Bertz CT molecular complexity index is 722. The molecule has 0 fully saturated rings. The van der Waals surface area contributed by atoms with Gasteiger partial charge in [-0.05, 0) is 37.1 Å². The molecule has 1 aromatic heterocycles. The number of amides is 2. The van der Waals surface area contributed by atoms with Gasteiger partial charge in [0.2, 0.25) is 0 Å². The van der Waals surface area contributed by atoms with Gasteiger partial charge in [0.1, 0.15) is 5.82 Å². The monoisotopic (exact) mass is 344 g/mol. The van der Waals surface area contributed by atoms with Gasteiger partial charge >= 0.3 is 12.0 Å². The third kappa shape index (κ3) is 4.82. The number of anilines is 1. The largest absolute Gasteiger partial charge is 0.462 e. The first-order valence-electron chi connectivity index (χ1n) is 8.24. The van der Waals surface area contributed by atoms with E-state index in [1.807, 2.05) is 31.7 Å². The topological polar surface area (TPSA) is 85.2 Å². The number of carbonyl (C=O) groups is 2. The van der Waals surface area contributed by atoms with Crippen LogP contribution < -0.4 is 10.6 Å². The van der Waals surface area contributed by atoms with Gasteiger partial charge in [-0.1, -0.05) is 13.8 Å². The Kier molecular flexibility index (Phi) is 6.16. The van der Waals surface area contributed by atoms with Gasteiger partial charge in [0.25, 0.3) is 0 Å². The quantitative estimate of drug-likeness (QED) is 0.789. The van der Waals surface area contributed by atoms with Crippen molar-refractivity contribution < 1.29 is 14.3 Å². The van der Waals surface area contributed by atoms with E-state index in [2.05, 4.69) is 15.6 Å². The molecule has 0 aliphatic carbocycles. The van der Waals surface area contributed by atoms with Gasteiger partial charge in [-0.3, -0.25) is 0 Å². The van der Waals surface area contributed by atoms with Crippen molar-refractivity contribution in [2.45, 2.75) is 26.8 Å². The molecule has 0 unspecified atom stereocenters. The van der Waals surface area contributed by atoms with Crippen molar-refractivity contribution in [1.29, 1.82) is 0 Å². The van der Waals surface area contributed by atoms with E-state index in [4.69, 9.17) is 4.74 Å². The van der Waals surface area contributed by atoms with Crippen LogP contribution in [0, 0.1) is 5.92 Å². The van der Waals surface area contributed by atoms with Crippen LogP contribution in [0.2, 0.25) is 0 Å². The second-order valence-corrected chi connectivity index (χ2v) is 6.01. The van der Waals surface area contributed by atoms with Gasteiger partial charge in [-0.25, -0.2) is 14.6 Å². The summed E-state index contributed by atoms with van der Waals surface area (Å²) in [6.07, 6.45) is 3.55. The molecule has 25 heavy (non-hydrogen) atoms. The van der Waals surface area contributed by atoms with E-state index < -0.39 is 0 Å². The lowest BCUT2D eigenvalue weighted by Crippen LogP contribution is -2.36. The number of rotatable bonds is 6. The Hall–Kier alpha value is -2.83. The molecule has 2 aromatic rings. The number of aryl methyl sites for hydroxylation is 1. The Morgan fingerprint density at radius 3 is 2.44 bits per heavy atom. The SMILES string of the molecule is CCOC(=O)c1ccc(NC(=O)N[C@H](c2nccn2C)C(C)C)cc1. The lowest BCUT2D eigenvalue weighted by Gasteiger charge is -2.22. The van der Waals surface area contributed by atoms with E-state index in [9.17, 15) is 9.59 Å². The Balaban J connectivity index is 2.01. The lowest BCUT2D eigenvalue weighted by atomic mass is 10.0. The van der Waals surface area contributed by atoms with Crippen molar-refractivity contribution in [2.24, 2.45) is 13.0 Å². The Morgan fingerprint density at radius 1 is 1.24 bits per heavy atom. The molecular formula is C18H24N4O3. The first-order chi connectivity index (χ1) is 11.9. The van der Waals surface area contributed by atoms with Crippen molar-refractivity contribution in [1.82, 2.24) is 14.9 Å². The number of esters is 1. The second-order valence-electron chi connectivity index (χ2n) is 6.01. The predicted molar refractivity (Wildman–Crippen MR) is 95.3 cm³/mol. The maximum atomic E-state index is 12.3. The van der Waals surface area contributed by atoms with E-state index in [1.54, 1.807) is 37.4 Å². The number of nitrogens with one attached hydrogen (secondary N) is 2. The van der Waals surface area contributed by atoms with Crippen LogP contribution in [0.15, 0.2) is 36.7 Å². The summed E-state index contributed by atoms with van der Waals surface area (Å²) in [4.78, 5) is 28.2. The Morgan fingerprint density at radius 2 is 1.92 bits per heavy atom. The van der Waals surface area contributed by atoms with Crippen LogP contribution in [0.5, 0.6) is 0 Å². The number of aromatic nitrogens is 2. The van der Waals surface area contributed by atoms with Crippen LogP contribution in [0.4, 0.5) is 10.5 Å². The number of hydrogen-bond acceptors (Lipinski definition) is 4. The van der Waals surface area contributed by atoms with Crippen molar-refractivity contribution in [3.8, 4) is 0 Å². The van der Waals surface area contributed by atoms with E-state index in [0.717, 1.165) is 5.82 Å². The first-order valence-corrected chi connectivity index (χ1v) is 8.24. The average Bonchev–Trinajstić information content (AvgIpc) is 2.99. The third-order valence-electron chi connectivity index (χ3n) is 3.74. The molecule has 0 aliphatic heterocycles. The van der Waals surface area contributed by atoms with Gasteiger partial charge in [0.05, 0.1) is 18.2 Å². The van der Waals surface area contributed by atoms with Gasteiger partial charge in [-0.15, -0.1) is 0 Å². The molecule has 7 heteroatoms. The molecule has 2 amide bonds. The fourth-order valence-electron chi connectivity index (χ4n) is 2.42. The maximum absolute atomic E-state index is 12.3. The predicted octanol–water partition coefficient (Wildman–Crippen LogP) is 3.12. The number of nitrogens with zero attached hydrogens (tertiary/aromatic N) is 2. The molecule has 134 valence electrons. The van der Waals surface area contributed by atoms with Crippen molar-refractivity contribution in [3.05, 3.63) is 48.0 Å². The molecule has 1 heterocycles. The molecule has 1 aromatic carbocycles. The van der Waals surface area contributed by atoms with E-state index in [0.29, 0.717) is 17.9 Å². The Labute approximate surface area is 147 Å². The number of benzene rings is 1. The molecule has 2 rings (SSSR count). The van der Waals surface area contributed by atoms with Gasteiger partial charge < -0.3 is 19.9 Å². The molecule has 0 saturated carbocycles. The fourth-order valence-corrected chi connectivity index (χ4v) is 2.42. The summed E-state index contributed by atoms with van der Waals surface area (Å²) in [5.41, 5.74) is 1.04. The number of urea groups is 1. The minimum absolute atomic E-state index is 0.179. The van der Waals surface area contributed by atoms with Gasteiger partial charge in [0.15, 0.2) is 0 Å². The van der Waals surface area contributed by atoms with Gasteiger partial charge in [0, 0.05) is 25.1 Å². The van der Waals surface area contributed by atoms with Crippen molar-refractivity contribution in [3.63, 3.8) is 0 Å². The molecule has 0 bridgehead atoms. The number of ether oxygens (including phenoxy) is 1. The van der Waals surface area contributed by atoms with Crippen LogP contribution in [0.1, 0.15) is 43.0 Å². The summed E-state index contributed by atoms with van der Waals surface area (Å²) < 4.78 is 6.82. The summed E-state index contributed by atoms with van der Waals surface area (Å²) in [5.74, 6) is 0.592. The molecule has 2 N–H and O–H groups in total. The minimum Gasteiger partial charge on any atom is -0.462 e. The smallest absolute Gasteiger partial charge is 0.338 e. The van der Waals surface area contributed by atoms with Crippen LogP contribution in [-0.4, -0.2) is 28.2 Å². The molecule has 0 spiro atoms. The zero-order valence-electron chi connectivity index (χ0n) is 14.9. The summed E-state index contributed by atoms with van der Waals surface area (Å²) in [6.45, 7) is 6.12. The first kappa shape index (κ1) is 18.5. The number of carbonyl (C=O) groups excluding carboxylic acids is 2. The standard InChI is InChI=1S/C18H24N4O3/c1-5-25-17(23)13-6-8-14(9-7-13)20-18(24)21-15(12(2)3)16-19-10-11-22(16)4/h6-12,15H,5H2,1-4H3,(H2,20,21,24)/t15-/m0/s1. The van der Waals surface area contributed by atoms with Crippen LogP contribution in [-0.2, 0) is 11.8 Å². The molecule has 7 nitrogen and oxygen atoms in total. The maximum Gasteiger partial charge on any atom is 0.338 e. The molecule has 0 aliphatic rings. The van der Waals surface area contributed by atoms with E-state index >= 15 is 0 Å². The molecule has 0 radical (unpaired) electrons. The summed E-state index contributed by atoms with van der Waals surface area (Å²) in [6, 6.07) is 6.02. The molecule has 1 atom stereocenters. The van der Waals surface area contributed by atoms with Crippen LogP contribution in [0.3, 0.4) is 0 Å². The average molecular weight is 344 g/mol. The minimum atomic E-state index is -0.381. The highest BCUT2D eigenvalue weighted by molar-refractivity contribution is 5.92. The van der Waals surface area contributed by atoms with Crippen molar-refractivity contribution in [2.75, 3.05) is 11.9 Å². The highest BCUT2D eigenvalue weighted by Gasteiger charge is 2.22. The molecular weight excluding hydrogens is 320 g/mol. The van der Waals surface area contributed by atoms with Crippen LogP contribution >= 0.6 is 0 Å². The highest BCUT2D eigenvalue weighted by Crippen LogP contribution is 2.20. The summed E-state index contributed by atoms with van der Waals surface area (Å²) in [7, 11) is 1.89. The summed E-state index contributed by atoms with van der Waals surface area (Å²) >= 11 is 0. The van der Waals surface area contributed by atoms with E-state index in [-0.39, 0.29) is 24.0 Å². The highest BCUT2D eigenvalue weighted by atomic mass is 16.5. The van der Waals surface area contributed by atoms with Crippen LogP contribution in [0.25, 0.3) is 0 Å². The zero-order chi connectivity index (χ0) is 18.4. The second kappa shape index (κ2) is 8.32. The fraction of sp³-hybridized carbons (Fsp3) is 0.389. The summed E-state index contributed by atoms with van der Waals surface area (Å²) in [5, 5.41) is 5.71. The number of imidazole rings is 1. The van der Waals surface area contributed by atoms with Crippen molar-refractivity contribution >= 4 is 17.7 Å². The lowest BCUT2D eigenvalue weighted by molar-refractivity contribution is 0.0526. The third-order valence-corrected chi connectivity index (χ3v) is 3.74. The molecule has 0 saturated heterocycles. The zero-order valence-corrected chi connectivity index (χ0v) is 14.9. The normalized spacial score (nSPS) is 11.9. The van der Waals surface area contributed by atoms with E-state index in [1.165, 1.54) is 0 Å². The number of hydrogen-bond donors (Lipinski definition) is 2.